The molecule has 1 aromatic carbocycles. The highest BCUT2D eigenvalue weighted by Gasteiger charge is 2.25. The van der Waals surface area contributed by atoms with Gasteiger partial charge in [-0.2, -0.15) is 0 Å². The van der Waals surface area contributed by atoms with Crippen LogP contribution in [0.3, 0.4) is 0 Å². The monoisotopic (exact) mass is 394 g/mol. The zero-order valence-electron chi connectivity index (χ0n) is 16.5. The molecular weight excluding hydrogens is 368 g/mol. The number of rotatable bonds is 6. The molecule has 1 fully saturated rings. The van der Waals surface area contributed by atoms with Crippen LogP contribution in [0, 0.1) is 0 Å². The average molecular weight is 394 g/mol. The number of piperidine rings is 1. The van der Waals surface area contributed by atoms with Crippen molar-refractivity contribution in [2.75, 3.05) is 13.1 Å². The molecule has 0 unspecified atom stereocenters. The van der Waals surface area contributed by atoms with Crippen molar-refractivity contribution in [3.8, 4) is 0 Å². The van der Waals surface area contributed by atoms with Crippen molar-refractivity contribution in [2.24, 2.45) is 0 Å². The smallest absolute Gasteiger partial charge is 0.257 e. The van der Waals surface area contributed by atoms with E-state index in [1.807, 2.05) is 18.2 Å². The fourth-order valence-corrected chi connectivity index (χ4v) is 4.21. The molecule has 0 atom stereocenters. The van der Waals surface area contributed by atoms with E-state index < -0.39 is 0 Å². The van der Waals surface area contributed by atoms with Gasteiger partial charge in [-0.05, 0) is 55.4 Å². The molecule has 1 aromatic heterocycles. The van der Waals surface area contributed by atoms with Crippen LogP contribution in [0.5, 0.6) is 0 Å². The van der Waals surface area contributed by atoms with Crippen LogP contribution in [0.1, 0.15) is 63.9 Å². The Morgan fingerprint density at radius 2 is 1.79 bits per heavy atom. The molecule has 0 saturated carbocycles. The summed E-state index contributed by atoms with van der Waals surface area (Å²) < 4.78 is 4.97. The maximum Gasteiger partial charge on any atom is 0.257 e. The van der Waals surface area contributed by atoms with Gasteiger partial charge in [0.05, 0.1) is 11.8 Å². The molecule has 0 radical (unpaired) electrons. The van der Waals surface area contributed by atoms with E-state index in [0.717, 1.165) is 19.3 Å². The van der Waals surface area contributed by atoms with E-state index in [1.165, 1.54) is 23.7 Å². The molecule has 29 heavy (non-hydrogen) atoms. The van der Waals surface area contributed by atoms with Gasteiger partial charge in [0.25, 0.3) is 5.91 Å². The Morgan fingerprint density at radius 3 is 2.55 bits per heavy atom. The Balaban J connectivity index is 1.20. The van der Waals surface area contributed by atoms with Crippen LogP contribution < -0.4 is 5.32 Å². The minimum absolute atomic E-state index is 0.0235. The number of nitrogens with one attached hydrogen (secondary N) is 1. The van der Waals surface area contributed by atoms with Crippen LogP contribution >= 0.6 is 0 Å². The summed E-state index contributed by atoms with van der Waals surface area (Å²) in [6, 6.07) is 7.64. The van der Waals surface area contributed by atoms with Crippen molar-refractivity contribution >= 4 is 17.6 Å². The second kappa shape index (κ2) is 8.64. The van der Waals surface area contributed by atoms with Gasteiger partial charge in [0.15, 0.2) is 5.78 Å². The standard InChI is InChI=1S/C23H26N2O4/c26-21(18-5-4-16-2-1-3-17(16)14-18)6-7-22(27)24-20-8-11-25(12-9-20)23(28)19-10-13-29-15-19/h4-5,10,13-15,20H,1-3,6-9,11-12H2,(H,24,27). The van der Waals surface area contributed by atoms with Gasteiger partial charge in [-0.1, -0.05) is 12.1 Å². The van der Waals surface area contributed by atoms with Crippen molar-refractivity contribution < 1.29 is 18.8 Å². The third-order valence-electron chi connectivity index (χ3n) is 5.92. The number of Topliss-reactive ketones (excluding diaryl/α,β-unsaturated/α-hetero) is 1. The fourth-order valence-electron chi connectivity index (χ4n) is 4.21. The summed E-state index contributed by atoms with van der Waals surface area (Å²) >= 11 is 0. The molecule has 2 aromatic rings. The van der Waals surface area contributed by atoms with Gasteiger partial charge in [-0.15, -0.1) is 0 Å². The number of carbonyl (C=O) groups is 3. The molecule has 2 heterocycles. The predicted octanol–water partition coefficient (Wildman–Crippen LogP) is 3.15. The van der Waals surface area contributed by atoms with Gasteiger partial charge in [-0.25, -0.2) is 0 Å². The number of hydrogen-bond donors (Lipinski definition) is 1. The summed E-state index contributed by atoms with van der Waals surface area (Å²) in [6.07, 6.45) is 8.09. The third-order valence-corrected chi connectivity index (χ3v) is 5.92. The van der Waals surface area contributed by atoms with Crippen molar-refractivity contribution in [1.29, 1.82) is 0 Å². The molecular formula is C23H26N2O4. The Labute approximate surface area is 170 Å². The van der Waals surface area contributed by atoms with Crippen LogP contribution in [0.2, 0.25) is 0 Å². The Morgan fingerprint density at radius 1 is 1.00 bits per heavy atom. The molecule has 4 rings (SSSR count). The lowest BCUT2D eigenvalue weighted by Gasteiger charge is -2.32. The zero-order chi connectivity index (χ0) is 20.2. The number of nitrogens with zero attached hydrogens (tertiary/aromatic N) is 1. The predicted molar refractivity (Wildman–Crippen MR) is 108 cm³/mol. The summed E-state index contributed by atoms with van der Waals surface area (Å²) in [4.78, 5) is 38.8. The Bertz CT molecular complexity index is 896. The molecule has 0 bridgehead atoms. The highest BCUT2D eigenvalue weighted by atomic mass is 16.3. The van der Waals surface area contributed by atoms with Crippen LogP contribution in [-0.4, -0.2) is 41.6 Å². The molecule has 2 amide bonds. The average Bonchev–Trinajstić information content (AvgIpc) is 3.43. The molecule has 1 saturated heterocycles. The first-order chi connectivity index (χ1) is 14.1. The summed E-state index contributed by atoms with van der Waals surface area (Å²) in [5, 5.41) is 3.01. The zero-order valence-corrected chi connectivity index (χ0v) is 16.5. The van der Waals surface area contributed by atoms with Gasteiger partial charge in [0.1, 0.15) is 6.26 Å². The molecule has 1 aliphatic heterocycles. The first-order valence-electron chi connectivity index (χ1n) is 10.4. The highest BCUT2D eigenvalue weighted by Crippen LogP contribution is 2.23. The van der Waals surface area contributed by atoms with E-state index in [0.29, 0.717) is 37.1 Å². The van der Waals surface area contributed by atoms with E-state index in [1.54, 1.807) is 11.0 Å². The van der Waals surface area contributed by atoms with Gasteiger partial charge in [0, 0.05) is 37.5 Å². The van der Waals surface area contributed by atoms with Crippen molar-refractivity contribution in [1.82, 2.24) is 10.2 Å². The van der Waals surface area contributed by atoms with Gasteiger partial charge < -0.3 is 14.6 Å². The molecule has 152 valence electrons. The summed E-state index contributed by atoms with van der Waals surface area (Å²) in [7, 11) is 0. The summed E-state index contributed by atoms with van der Waals surface area (Å²) in [6.45, 7) is 1.20. The number of carbonyl (C=O) groups excluding carboxylic acids is 3. The van der Waals surface area contributed by atoms with E-state index in [9.17, 15) is 14.4 Å². The van der Waals surface area contributed by atoms with Crippen molar-refractivity contribution in [3.63, 3.8) is 0 Å². The highest BCUT2D eigenvalue weighted by molar-refractivity contribution is 5.98. The molecule has 1 N–H and O–H groups in total. The maximum atomic E-state index is 12.4. The summed E-state index contributed by atoms with van der Waals surface area (Å²) in [5.41, 5.74) is 3.89. The first-order valence-corrected chi connectivity index (χ1v) is 10.4. The van der Waals surface area contributed by atoms with Gasteiger partial charge in [-0.3, -0.25) is 14.4 Å². The number of aryl methyl sites for hydroxylation is 2. The molecule has 1 aliphatic carbocycles. The second-order valence-electron chi connectivity index (χ2n) is 7.91. The van der Waals surface area contributed by atoms with Crippen LogP contribution in [0.4, 0.5) is 0 Å². The molecule has 0 spiro atoms. The first kappa shape index (κ1) is 19.4. The number of amides is 2. The number of likely N-dealkylation sites (tertiary alicyclic amines) is 1. The lowest BCUT2D eigenvalue weighted by molar-refractivity contribution is -0.122. The molecule has 6 heteroatoms. The minimum atomic E-state index is -0.0980. The second-order valence-corrected chi connectivity index (χ2v) is 7.91. The number of ketones is 1. The fraction of sp³-hybridized carbons (Fsp3) is 0.435. The topological polar surface area (TPSA) is 79.6 Å². The minimum Gasteiger partial charge on any atom is -0.472 e. The van der Waals surface area contributed by atoms with E-state index in [-0.39, 0.29) is 36.5 Å². The largest absolute Gasteiger partial charge is 0.472 e. The Kier molecular flexibility index (Phi) is 5.79. The maximum absolute atomic E-state index is 12.4. The number of benzene rings is 1. The molecule has 2 aliphatic rings. The van der Waals surface area contributed by atoms with Crippen LogP contribution in [-0.2, 0) is 17.6 Å². The number of fused-ring (bicyclic) bond motifs is 1. The van der Waals surface area contributed by atoms with E-state index in [2.05, 4.69) is 5.32 Å². The van der Waals surface area contributed by atoms with Gasteiger partial charge >= 0.3 is 0 Å². The van der Waals surface area contributed by atoms with Crippen LogP contribution in [0.25, 0.3) is 0 Å². The molecule has 6 nitrogen and oxygen atoms in total. The lowest BCUT2D eigenvalue weighted by atomic mass is 10.0. The van der Waals surface area contributed by atoms with Crippen molar-refractivity contribution in [2.45, 2.75) is 51.0 Å². The van der Waals surface area contributed by atoms with Crippen molar-refractivity contribution in [3.05, 3.63) is 59.0 Å². The quantitative estimate of drug-likeness (QED) is 0.764. The number of furan rings is 1. The van der Waals surface area contributed by atoms with E-state index in [4.69, 9.17) is 4.42 Å². The normalized spacial score (nSPS) is 16.5. The van der Waals surface area contributed by atoms with Gasteiger partial charge in [0.2, 0.25) is 5.91 Å². The third kappa shape index (κ3) is 4.58. The van der Waals surface area contributed by atoms with E-state index >= 15 is 0 Å². The van der Waals surface area contributed by atoms with Crippen LogP contribution in [0.15, 0.2) is 41.2 Å². The lowest BCUT2D eigenvalue weighted by Crippen LogP contribution is -2.46. The number of hydrogen-bond acceptors (Lipinski definition) is 4. The summed E-state index contributed by atoms with van der Waals surface area (Å²) in [5.74, 6) is -0.113. The SMILES string of the molecule is O=C(CCC(=O)c1ccc2c(c1)CCC2)NC1CCN(C(=O)c2ccoc2)CC1. The Hall–Kier alpha value is -2.89.